The molecule has 1 aliphatic carbocycles. The van der Waals surface area contributed by atoms with Gasteiger partial charge in [0.1, 0.15) is 6.10 Å². The zero-order chi connectivity index (χ0) is 16.2. The number of rotatable bonds is 5. The highest BCUT2D eigenvalue weighted by atomic mass is 32.2. The summed E-state index contributed by atoms with van der Waals surface area (Å²) in [6, 6.07) is 6.65. The van der Waals surface area contributed by atoms with Gasteiger partial charge in [-0.3, -0.25) is 4.18 Å². The average Bonchev–Trinajstić information content (AvgIpc) is 2.46. The van der Waals surface area contributed by atoms with E-state index in [0.717, 1.165) is 30.5 Å². The van der Waals surface area contributed by atoms with Crippen LogP contribution in [0.5, 0.6) is 0 Å². The maximum atomic E-state index is 12.4. The summed E-state index contributed by atoms with van der Waals surface area (Å²) in [5, 5.41) is 3.95. The number of hydrogen-bond donors (Lipinski definition) is 0. The van der Waals surface area contributed by atoms with Crippen molar-refractivity contribution in [1.82, 2.24) is 0 Å². The second kappa shape index (κ2) is 7.24. The maximum absolute atomic E-state index is 12.4. The lowest BCUT2D eigenvalue weighted by Gasteiger charge is -2.28. The van der Waals surface area contributed by atoms with Gasteiger partial charge >= 0.3 is 0 Å². The van der Waals surface area contributed by atoms with Crippen LogP contribution in [0.25, 0.3) is 0 Å². The second-order valence-electron chi connectivity index (χ2n) is 5.87. The summed E-state index contributed by atoms with van der Waals surface area (Å²) in [5.41, 5.74) is 1.80. The Balaban J connectivity index is 2.11. The topological polar surface area (TPSA) is 65.0 Å². The highest BCUT2D eigenvalue weighted by Crippen LogP contribution is 2.27. The fourth-order valence-corrected chi connectivity index (χ4v) is 3.52. The molecule has 0 amide bonds. The highest BCUT2D eigenvalue weighted by molar-refractivity contribution is 7.86. The lowest BCUT2D eigenvalue weighted by Crippen LogP contribution is -2.35. The largest absolute Gasteiger partial charge is 0.390 e. The Morgan fingerprint density at radius 3 is 2.27 bits per heavy atom. The number of oxime groups is 1. The Labute approximate surface area is 132 Å². The van der Waals surface area contributed by atoms with Gasteiger partial charge < -0.3 is 4.84 Å². The number of benzene rings is 1. The minimum absolute atomic E-state index is 0.178. The van der Waals surface area contributed by atoms with E-state index < -0.39 is 16.2 Å². The first-order chi connectivity index (χ1) is 10.4. The van der Waals surface area contributed by atoms with E-state index in [-0.39, 0.29) is 11.0 Å². The van der Waals surface area contributed by atoms with Gasteiger partial charge in [-0.2, -0.15) is 8.42 Å². The quantitative estimate of drug-likeness (QED) is 0.473. The Morgan fingerprint density at radius 2 is 1.68 bits per heavy atom. The summed E-state index contributed by atoms with van der Waals surface area (Å²) in [7, 11) is -3.78. The van der Waals surface area contributed by atoms with Gasteiger partial charge in [-0.1, -0.05) is 29.3 Å². The molecule has 1 fully saturated rings. The minimum atomic E-state index is -3.78. The Kier molecular flexibility index (Phi) is 5.58. The molecular weight excluding hydrogens is 302 g/mol. The summed E-state index contributed by atoms with van der Waals surface area (Å²) in [5.74, 6) is 0. The first-order valence-corrected chi connectivity index (χ1v) is 8.96. The SMILES string of the molecule is CC(C)=NO[C@@H]1CCCC[C@@H]1OS(=O)(=O)c1ccc(C)cc1. The van der Waals surface area contributed by atoms with Crippen LogP contribution in [-0.2, 0) is 19.1 Å². The molecular formula is C16H23NO4S. The minimum Gasteiger partial charge on any atom is -0.390 e. The smallest absolute Gasteiger partial charge is 0.297 e. The molecule has 2 atom stereocenters. The van der Waals surface area contributed by atoms with Crippen LogP contribution in [0.1, 0.15) is 45.1 Å². The standard InChI is InChI=1S/C16H23NO4S/c1-12(2)17-20-15-6-4-5-7-16(15)21-22(18,19)14-10-8-13(3)9-11-14/h8-11,15-16H,4-7H2,1-3H3/t15-,16+/m1/s1. The van der Waals surface area contributed by atoms with Crippen LogP contribution in [0.3, 0.4) is 0 Å². The Hall–Kier alpha value is -1.40. The molecule has 5 nitrogen and oxygen atoms in total. The number of nitrogens with zero attached hydrogens (tertiary/aromatic N) is 1. The van der Waals surface area contributed by atoms with Crippen molar-refractivity contribution in [1.29, 1.82) is 0 Å². The molecule has 1 aromatic rings. The highest BCUT2D eigenvalue weighted by Gasteiger charge is 2.32. The maximum Gasteiger partial charge on any atom is 0.297 e. The van der Waals surface area contributed by atoms with Crippen molar-refractivity contribution in [2.75, 3.05) is 0 Å². The van der Waals surface area contributed by atoms with Crippen LogP contribution in [-0.4, -0.2) is 26.3 Å². The van der Waals surface area contributed by atoms with Gasteiger partial charge in [-0.15, -0.1) is 0 Å². The van der Waals surface area contributed by atoms with Crippen molar-refractivity contribution >= 4 is 15.8 Å². The van der Waals surface area contributed by atoms with Crippen LogP contribution in [0.15, 0.2) is 34.3 Å². The van der Waals surface area contributed by atoms with Gasteiger partial charge in [-0.25, -0.2) is 0 Å². The first kappa shape index (κ1) is 17.0. The van der Waals surface area contributed by atoms with Gasteiger partial charge in [0.15, 0.2) is 6.10 Å². The summed E-state index contributed by atoms with van der Waals surface area (Å²) < 4.78 is 30.2. The molecule has 0 unspecified atom stereocenters. The van der Waals surface area contributed by atoms with Crippen LogP contribution in [0.4, 0.5) is 0 Å². The molecule has 0 heterocycles. The fraction of sp³-hybridized carbons (Fsp3) is 0.562. The Morgan fingerprint density at radius 1 is 1.09 bits per heavy atom. The van der Waals surface area contributed by atoms with E-state index in [1.165, 1.54) is 0 Å². The molecule has 0 radical (unpaired) electrons. The van der Waals surface area contributed by atoms with E-state index in [1.807, 2.05) is 20.8 Å². The zero-order valence-corrected chi connectivity index (χ0v) is 14.1. The number of aryl methyl sites for hydroxylation is 1. The van der Waals surface area contributed by atoms with Crippen LogP contribution in [0.2, 0.25) is 0 Å². The van der Waals surface area contributed by atoms with E-state index in [1.54, 1.807) is 24.3 Å². The monoisotopic (exact) mass is 325 g/mol. The lowest BCUT2D eigenvalue weighted by atomic mass is 9.95. The van der Waals surface area contributed by atoms with Gasteiger partial charge in [0.05, 0.1) is 10.6 Å². The second-order valence-corrected chi connectivity index (χ2v) is 7.44. The van der Waals surface area contributed by atoms with Crippen LogP contribution in [0, 0.1) is 6.92 Å². The van der Waals surface area contributed by atoms with Crippen LogP contribution < -0.4 is 0 Å². The predicted molar refractivity (Wildman–Crippen MR) is 85.4 cm³/mol. The molecule has 22 heavy (non-hydrogen) atoms. The van der Waals surface area contributed by atoms with Gasteiger partial charge in [-0.05, 0) is 52.2 Å². The third-order valence-electron chi connectivity index (χ3n) is 3.57. The molecule has 0 spiro atoms. The van der Waals surface area contributed by atoms with Crippen molar-refractivity contribution in [3.63, 3.8) is 0 Å². The molecule has 6 heteroatoms. The van der Waals surface area contributed by atoms with Crippen molar-refractivity contribution in [3.05, 3.63) is 29.8 Å². The molecule has 1 saturated carbocycles. The van der Waals surface area contributed by atoms with Crippen molar-refractivity contribution < 1.29 is 17.4 Å². The third-order valence-corrected chi connectivity index (χ3v) is 4.92. The molecule has 122 valence electrons. The fourth-order valence-electron chi connectivity index (χ4n) is 2.39. The van der Waals surface area contributed by atoms with Gasteiger partial charge in [0, 0.05) is 0 Å². The van der Waals surface area contributed by atoms with E-state index >= 15 is 0 Å². The normalized spacial score (nSPS) is 22.1. The van der Waals surface area contributed by atoms with E-state index in [9.17, 15) is 8.42 Å². The van der Waals surface area contributed by atoms with E-state index in [2.05, 4.69) is 5.16 Å². The Bertz CT molecular complexity index is 618. The molecule has 0 aromatic heterocycles. The first-order valence-electron chi connectivity index (χ1n) is 7.55. The summed E-state index contributed by atoms with van der Waals surface area (Å²) in [6.07, 6.45) is 2.54. The molecule has 0 saturated heterocycles. The van der Waals surface area contributed by atoms with E-state index in [0.29, 0.717) is 6.42 Å². The number of hydrogen-bond acceptors (Lipinski definition) is 5. The molecule has 1 aromatic carbocycles. The van der Waals surface area contributed by atoms with Crippen molar-refractivity contribution in [2.24, 2.45) is 5.16 Å². The zero-order valence-electron chi connectivity index (χ0n) is 13.3. The molecule has 0 N–H and O–H groups in total. The lowest BCUT2D eigenvalue weighted by molar-refractivity contribution is -0.0434. The molecule has 0 bridgehead atoms. The summed E-state index contributed by atoms with van der Waals surface area (Å²) in [4.78, 5) is 5.63. The molecule has 1 aliphatic rings. The third kappa shape index (κ3) is 4.55. The van der Waals surface area contributed by atoms with Gasteiger partial charge in [0.25, 0.3) is 10.1 Å². The van der Waals surface area contributed by atoms with E-state index in [4.69, 9.17) is 9.02 Å². The van der Waals surface area contributed by atoms with Crippen molar-refractivity contribution in [3.8, 4) is 0 Å². The molecule has 0 aliphatic heterocycles. The summed E-state index contributed by atoms with van der Waals surface area (Å²) >= 11 is 0. The average molecular weight is 325 g/mol. The van der Waals surface area contributed by atoms with Crippen LogP contribution >= 0.6 is 0 Å². The molecule has 2 rings (SSSR count). The van der Waals surface area contributed by atoms with Gasteiger partial charge in [0.2, 0.25) is 0 Å². The predicted octanol–water partition coefficient (Wildman–Crippen LogP) is 3.42. The van der Waals surface area contributed by atoms with Crippen molar-refractivity contribution in [2.45, 2.75) is 63.6 Å². The summed E-state index contributed by atoms with van der Waals surface area (Å²) in [6.45, 7) is 5.58.